The molecule has 2 aromatic rings. The molecule has 0 unspecified atom stereocenters. The number of hydrogen-bond donors (Lipinski definition) is 0. The van der Waals surface area contributed by atoms with E-state index in [9.17, 15) is 9.59 Å². The van der Waals surface area contributed by atoms with Crippen molar-refractivity contribution in [2.75, 3.05) is 0 Å². The van der Waals surface area contributed by atoms with Gasteiger partial charge in [-0.3, -0.25) is 4.79 Å². The maximum atomic E-state index is 11.4. The van der Waals surface area contributed by atoms with E-state index in [4.69, 9.17) is 9.47 Å². The fourth-order valence-electron chi connectivity index (χ4n) is 1.98. The summed E-state index contributed by atoms with van der Waals surface area (Å²) in [4.78, 5) is 22.6. The van der Waals surface area contributed by atoms with Crippen molar-refractivity contribution in [1.29, 1.82) is 0 Å². The molecule has 0 aliphatic heterocycles. The molecule has 124 valence electrons. The summed E-state index contributed by atoms with van der Waals surface area (Å²) in [6, 6.07) is 15.1. The SMILES string of the molecule is C=C(C)C(=O)OCc1ccc(-c2ccc(OC(=O)CC)cc2)cc1. The van der Waals surface area contributed by atoms with E-state index < -0.39 is 5.97 Å². The second-order valence-corrected chi connectivity index (χ2v) is 5.41. The van der Waals surface area contributed by atoms with Crippen molar-refractivity contribution >= 4 is 11.9 Å². The monoisotopic (exact) mass is 324 g/mol. The van der Waals surface area contributed by atoms with Crippen LogP contribution < -0.4 is 4.74 Å². The molecule has 2 aromatic carbocycles. The van der Waals surface area contributed by atoms with Crippen LogP contribution in [0.25, 0.3) is 11.1 Å². The molecule has 0 saturated heterocycles. The maximum absolute atomic E-state index is 11.4. The highest BCUT2D eigenvalue weighted by Gasteiger charge is 2.05. The smallest absolute Gasteiger partial charge is 0.333 e. The Bertz CT molecular complexity index is 727. The third kappa shape index (κ3) is 4.81. The minimum Gasteiger partial charge on any atom is -0.457 e. The predicted molar refractivity (Wildman–Crippen MR) is 92.4 cm³/mol. The topological polar surface area (TPSA) is 52.6 Å². The van der Waals surface area contributed by atoms with Gasteiger partial charge < -0.3 is 9.47 Å². The van der Waals surface area contributed by atoms with E-state index in [0.717, 1.165) is 16.7 Å². The number of benzene rings is 2. The molecule has 0 bridgehead atoms. The largest absolute Gasteiger partial charge is 0.457 e. The van der Waals surface area contributed by atoms with Crippen LogP contribution in [0.5, 0.6) is 5.75 Å². The number of carbonyl (C=O) groups is 2. The van der Waals surface area contributed by atoms with Crippen molar-refractivity contribution in [3.63, 3.8) is 0 Å². The molecule has 0 radical (unpaired) electrons. The van der Waals surface area contributed by atoms with Crippen LogP contribution >= 0.6 is 0 Å². The summed E-state index contributed by atoms with van der Waals surface area (Å²) in [6.45, 7) is 7.14. The van der Waals surface area contributed by atoms with Gasteiger partial charge in [0.25, 0.3) is 0 Å². The Morgan fingerprint density at radius 3 is 2.00 bits per heavy atom. The molecule has 0 aliphatic rings. The van der Waals surface area contributed by atoms with E-state index >= 15 is 0 Å². The highest BCUT2D eigenvalue weighted by Crippen LogP contribution is 2.23. The van der Waals surface area contributed by atoms with E-state index in [0.29, 0.717) is 17.7 Å². The molecular formula is C20H20O4. The van der Waals surface area contributed by atoms with Crippen LogP contribution in [-0.4, -0.2) is 11.9 Å². The van der Waals surface area contributed by atoms with Gasteiger partial charge in [-0.1, -0.05) is 49.9 Å². The molecule has 0 spiro atoms. The lowest BCUT2D eigenvalue weighted by atomic mass is 10.0. The zero-order chi connectivity index (χ0) is 17.5. The van der Waals surface area contributed by atoms with Crippen molar-refractivity contribution in [3.05, 3.63) is 66.2 Å². The molecule has 0 aromatic heterocycles. The van der Waals surface area contributed by atoms with E-state index in [-0.39, 0.29) is 12.6 Å². The molecule has 0 heterocycles. The van der Waals surface area contributed by atoms with Crippen LogP contribution in [0.4, 0.5) is 0 Å². The van der Waals surface area contributed by atoms with Gasteiger partial charge in [0, 0.05) is 12.0 Å². The first-order chi connectivity index (χ1) is 11.5. The second-order valence-electron chi connectivity index (χ2n) is 5.41. The molecule has 4 nitrogen and oxygen atoms in total. The quantitative estimate of drug-likeness (QED) is 0.452. The standard InChI is InChI=1S/C20H20O4/c1-4-19(21)24-18-11-9-17(10-12-18)16-7-5-15(6-8-16)13-23-20(22)14(2)3/h5-12H,2,4,13H2,1,3H3. The molecule has 0 atom stereocenters. The van der Waals surface area contributed by atoms with Crippen LogP contribution in [0.2, 0.25) is 0 Å². The van der Waals surface area contributed by atoms with Crippen LogP contribution in [-0.2, 0) is 20.9 Å². The van der Waals surface area contributed by atoms with Crippen molar-refractivity contribution in [3.8, 4) is 16.9 Å². The van der Waals surface area contributed by atoms with Gasteiger partial charge >= 0.3 is 11.9 Å². The molecule has 0 N–H and O–H groups in total. The van der Waals surface area contributed by atoms with Gasteiger partial charge in [0.2, 0.25) is 0 Å². The van der Waals surface area contributed by atoms with E-state index in [1.807, 2.05) is 36.4 Å². The molecule has 2 rings (SSSR count). The molecule has 4 heteroatoms. The maximum Gasteiger partial charge on any atom is 0.333 e. The summed E-state index contributed by atoms with van der Waals surface area (Å²) in [5.74, 6) is -0.110. The van der Waals surface area contributed by atoms with Crippen LogP contribution in [0.1, 0.15) is 25.8 Å². The highest BCUT2D eigenvalue weighted by atomic mass is 16.5. The van der Waals surface area contributed by atoms with Crippen LogP contribution in [0, 0.1) is 0 Å². The van der Waals surface area contributed by atoms with Gasteiger partial charge in [-0.25, -0.2) is 4.79 Å². The summed E-state index contributed by atoms with van der Waals surface area (Å²) >= 11 is 0. The Balaban J connectivity index is 2.01. The molecule has 0 fully saturated rings. The molecule has 0 aliphatic carbocycles. The van der Waals surface area contributed by atoms with Gasteiger partial charge in [0.05, 0.1) is 0 Å². The van der Waals surface area contributed by atoms with E-state index in [2.05, 4.69) is 6.58 Å². The Kier molecular flexibility index (Phi) is 5.90. The average molecular weight is 324 g/mol. The summed E-state index contributed by atoms with van der Waals surface area (Å²) < 4.78 is 10.3. The number of esters is 2. The first-order valence-corrected chi connectivity index (χ1v) is 7.72. The van der Waals surface area contributed by atoms with Crippen molar-refractivity contribution in [1.82, 2.24) is 0 Å². The highest BCUT2D eigenvalue weighted by molar-refractivity contribution is 5.86. The molecular weight excluding hydrogens is 304 g/mol. The fraction of sp³-hybridized carbons (Fsp3) is 0.200. The lowest BCUT2D eigenvalue weighted by Crippen LogP contribution is -2.05. The van der Waals surface area contributed by atoms with E-state index in [1.54, 1.807) is 26.0 Å². The summed E-state index contributed by atoms with van der Waals surface area (Å²) in [6.07, 6.45) is 0.346. The van der Waals surface area contributed by atoms with Gasteiger partial charge in [0.1, 0.15) is 12.4 Å². The average Bonchev–Trinajstić information content (AvgIpc) is 2.60. The number of carbonyl (C=O) groups excluding carboxylic acids is 2. The summed E-state index contributed by atoms with van der Waals surface area (Å²) in [7, 11) is 0. The zero-order valence-electron chi connectivity index (χ0n) is 13.9. The third-order valence-corrected chi connectivity index (χ3v) is 3.38. The first-order valence-electron chi connectivity index (χ1n) is 7.72. The number of hydrogen-bond acceptors (Lipinski definition) is 4. The predicted octanol–water partition coefficient (Wildman–Crippen LogP) is 4.29. The normalized spacial score (nSPS) is 10.1. The number of rotatable bonds is 6. The minimum atomic E-state index is -0.392. The van der Waals surface area contributed by atoms with Gasteiger partial charge in [-0.05, 0) is 35.7 Å². The van der Waals surface area contributed by atoms with Crippen LogP contribution in [0.3, 0.4) is 0 Å². The van der Waals surface area contributed by atoms with Crippen molar-refractivity contribution in [2.45, 2.75) is 26.9 Å². The zero-order valence-corrected chi connectivity index (χ0v) is 13.9. The summed E-state index contributed by atoms with van der Waals surface area (Å²) in [5, 5.41) is 0. The Labute approximate surface area is 141 Å². The Morgan fingerprint density at radius 2 is 1.50 bits per heavy atom. The van der Waals surface area contributed by atoms with Gasteiger partial charge in [0.15, 0.2) is 0 Å². The van der Waals surface area contributed by atoms with Gasteiger partial charge in [-0.15, -0.1) is 0 Å². The Hall–Kier alpha value is -2.88. The minimum absolute atomic E-state index is 0.220. The molecule has 0 saturated carbocycles. The first kappa shape index (κ1) is 17.5. The molecule has 24 heavy (non-hydrogen) atoms. The molecule has 0 amide bonds. The number of ether oxygens (including phenoxy) is 2. The fourth-order valence-corrected chi connectivity index (χ4v) is 1.98. The lowest BCUT2D eigenvalue weighted by Gasteiger charge is -2.07. The van der Waals surface area contributed by atoms with Crippen molar-refractivity contribution < 1.29 is 19.1 Å². The van der Waals surface area contributed by atoms with Crippen molar-refractivity contribution in [2.24, 2.45) is 0 Å². The van der Waals surface area contributed by atoms with Gasteiger partial charge in [-0.2, -0.15) is 0 Å². The van der Waals surface area contributed by atoms with E-state index in [1.165, 1.54) is 0 Å². The lowest BCUT2D eigenvalue weighted by molar-refractivity contribution is -0.140. The third-order valence-electron chi connectivity index (χ3n) is 3.38. The van der Waals surface area contributed by atoms with Crippen LogP contribution in [0.15, 0.2) is 60.7 Å². The second kappa shape index (κ2) is 8.11. The summed E-state index contributed by atoms with van der Waals surface area (Å²) in [5.41, 5.74) is 3.33. The Morgan fingerprint density at radius 1 is 0.958 bits per heavy atom.